The third-order valence-corrected chi connectivity index (χ3v) is 4.54. The van der Waals surface area contributed by atoms with Gasteiger partial charge in [-0.15, -0.1) is 0 Å². The quantitative estimate of drug-likeness (QED) is 0.332. The zero-order valence-electron chi connectivity index (χ0n) is 17.0. The highest BCUT2D eigenvalue weighted by Gasteiger charge is 2.25. The summed E-state index contributed by atoms with van der Waals surface area (Å²) in [7, 11) is 0. The Hall–Kier alpha value is -0.570. The van der Waals surface area contributed by atoms with Crippen molar-refractivity contribution in [3.63, 3.8) is 0 Å². The van der Waals surface area contributed by atoms with Gasteiger partial charge in [0.25, 0.3) is 0 Å². The highest BCUT2D eigenvalue weighted by molar-refractivity contribution is 5.73. The molecule has 0 atom stereocenters. The SMILES string of the molecule is CCCCCC(C)(C)C(=O)O.CCCCCCCCCCCCN. The van der Waals surface area contributed by atoms with Crippen LogP contribution in [0.15, 0.2) is 0 Å². The van der Waals surface area contributed by atoms with Crippen molar-refractivity contribution in [2.45, 2.75) is 118 Å². The van der Waals surface area contributed by atoms with Crippen molar-refractivity contribution >= 4 is 5.97 Å². The number of unbranched alkanes of at least 4 members (excludes halogenated alkanes) is 11. The minimum Gasteiger partial charge on any atom is -0.481 e. The molecule has 0 spiro atoms. The van der Waals surface area contributed by atoms with Crippen LogP contribution < -0.4 is 5.73 Å². The lowest BCUT2D eigenvalue weighted by Gasteiger charge is -2.18. The summed E-state index contributed by atoms with van der Waals surface area (Å²) in [4.78, 5) is 10.6. The second-order valence-corrected chi connectivity index (χ2v) is 7.62. The van der Waals surface area contributed by atoms with Crippen molar-refractivity contribution in [1.29, 1.82) is 0 Å². The molecule has 0 aliphatic heterocycles. The van der Waals surface area contributed by atoms with E-state index in [0.717, 1.165) is 32.2 Å². The van der Waals surface area contributed by atoms with Gasteiger partial charge < -0.3 is 10.8 Å². The maximum atomic E-state index is 10.6. The minimum atomic E-state index is -0.686. The van der Waals surface area contributed by atoms with Gasteiger partial charge in [0.1, 0.15) is 0 Å². The Morgan fingerprint density at radius 1 is 0.750 bits per heavy atom. The van der Waals surface area contributed by atoms with Crippen molar-refractivity contribution < 1.29 is 9.90 Å². The molecule has 3 heteroatoms. The standard InChI is InChI=1S/C12H27N.C9H18O2/c1-2-3-4-5-6-7-8-9-10-11-12-13;1-4-5-6-7-9(2,3)8(10)11/h2-13H2,1H3;4-7H2,1-3H3,(H,10,11). The van der Waals surface area contributed by atoms with Crippen molar-refractivity contribution in [2.75, 3.05) is 6.54 Å². The lowest BCUT2D eigenvalue weighted by molar-refractivity contribution is -0.147. The van der Waals surface area contributed by atoms with E-state index in [-0.39, 0.29) is 0 Å². The van der Waals surface area contributed by atoms with Gasteiger partial charge in [0.05, 0.1) is 5.41 Å². The van der Waals surface area contributed by atoms with E-state index in [9.17, 15) is 4.79 Å². The maximum absolute atomic E-state index is 10.6. The van der Waals surface area contributed by atoms with Crippen LogP contribution in [0.25, 0.3) is 0 Å². The predicted molar refractivity (Wildman–Crippen MR) is 106 cm³/mol. The van der Waals surface area contributed by atoms with Gasteiger partial charge in [-0.2, -0.15) is 0 Å². The Morgan fingerprint density at radius 3 is 1.50 bits per heavy atom. The van der Waals surface area contributed by atoms with Crippen molar-refractivity contribution in [2.24, 2.45) is 11.1 Å². The molecule has 0 aliphatic rings. The molecule has 3 N–H and O–H groups in total. The number of aliphatic carboxylic acids is 1. The summed E-state index contributed by atoms with van der Waals surface area (Å²) in [5.74, 6) is -0.686. The molecular weight excluding hydrogens is 298 g/mol. The number of rotatable bonds is 15. The third kappa shape index (κ3) is 19.5. The molecule has 24 heavy (non-hydrogen) atoms. The molecule has 0 saturated carbocycles. The van der Waals surface area contributed by atoms with Crippen LogP contribution in [0.4, 0.5) is 0 Å². The molecule has 0 fully saturated rings. The van der Waals surface area contributed by atoms with Gasteiger partial charge in [0, 0.05) is 0 Å². The van der Waals surface area contributed by atoms with Crippen LogP contribution in [0.5, 0.6) is 0 Å². The van der Waals surface area contributed by atoms with Crippen LogP contribution in [0.1, 0.15) is 118 Å². The monoisotopic (exact) mass is 343 g/mol. The number of hydrogen-bond acceptors (Lipinski definition) is 2. The molecule has 0 radical (unpaired) electrons. The van der Waals surface area contributed by atoms with Crippen LogP contribution in [-0.2, 0) is 4.79 Å². The molecule has 0 amide bonds. The van der Waals surface area contributed by atoms with Crippen LogP contribution >= 0.6 is 0 Å². The van der Waals surface area contributed by atoms with E-state index in [1.165, 1.54) is 64.2 Å². The summed E-state index contributed by atoms with van der Waals surface area (Å²) in [5.41, 5.74) is 4.89. The zero-order valence-corrected chi connectivity index (χ0v) is 17.0. The summed E-state index contributed by atoms with van der Waals surface area (Å²) in [6.45, 7) is 8.83. The van der Waals surface area contributed by atoms with E-state index >= 15 is 0 Å². The molecule has 0 bridgehead atoms. The van der Waals surface area contributed by atoms with Gasteiger partial charge >= 0.3 is 5.97 Å². The molecular formula is C21H45NO2. The molecule has 0 aromatic rings. The fourth-order valence-electron chi connectivity index (χ4n) is 2.56. The average molecular weight is 344 g/mol. The second kappa shape index (κ2) is 18.8. The normalized spacial score (nSPS) is 11.0. The molecule has 0 heterocycles. The number of carbonyl (C=O) groups is 1. The van der Waals surface area contributed by atoms with Gasteiger partial charge in [-0.05, 0) is 33.2 Å². The first-order valence-corrected chi connectivity index (χ1v) is 10.4. The van der Waals surface area contributed by atoms with Gasteiger partial charge in [-0.3, -0.25) is 4.79 Å². The number of carboxylic acids is 1. The molecule has 3 nitrogen and oxygen atoms in total. The Bertz CT molecular complexity index is 255. The average Bonchev–Trinajstić information content (AvgIpc) is 2.54. The summed E-state index contributed by atoms with van der Waals surface area (Å²) in [6, 6.07) is 0. The zero-order chi connectivity index (χ0) is 18.7. The molecule has 0 aliphatic carbocycles. The van der Waals surface area contributed by atoms with E-state index in [0.29, 0.717) is 0 Å². The number of hydrogen-bond donors (Lipinski definition) is 2. The fraction of sp³-hybridized carbons (Fsp3) is 0.952. The Morgan fingerprint density at radius 2 is 1.12 bits per heavy atom. The predicted octanol–water partition coefficient (Wildman–Crippen LogP) is 6.54. The third-order valence-electron chi connectivity index (χ3n) is 4.54. The lowest BCUT2D eigenvalue weighted by atomic mass is 9.87. The number of nitrogens with two attached hydrogens (primary N) is 1. The summed E-state index contributed by atoms with van der Waals surface area (Å²) >= 11 is 0. The molecule has 0 aromatic carbocycles. The Labute approximate surface area is 151 Å². The van der Waals surface area contributed by atoms with E-state index in [1.807, 2.05) is 0 Å². The Kier molecular flexibility index (Phi) is 20.1. The maximum Gasteiger partial charge on any atom is 0.309 e. The van der Waals surface area contributed by atoms with Gasteiger partial charge in [0.2, 0.25) is 0 Å². The van der Waals surface area contributed by atoms with E-state index in [4.69, 9.17) is 10.8 Å². The topological polar surface area (TPSA) is 63.3 Å². The fourth-order valence-corrected chi connectivity index (χ4v) is 2.56. The highest BCUT2D eigenvalue weighted by atomic mass is 16.4. The van der Waals surface area contributed by atoms with E-state index in [1.54, 1.807) is 13.8 Å². The van der Waals surface area contributed by atoms with Crippen LogP contribution in [0.2, 0.25) is 0 Å². The smallest absolute Gasteiger partial charge is 0.309 e. The molecule has 0 rings (SSSR count). The van der Waals surface area contributed by atoms with Crippen LogP contribution in [-0.4, -0.2) is 17.6 Å². The van der Waals surface area contributed by atoms with Crippen LogP contribution in [0.3, 0.4) is 0 Å². The van der Waals surface area contributed by atoms with Gasteiger partial charge in [-0.1, -0.05) is 90.9 Å². The van der Waals surface area contributed by atoms with Gasteiger partial charge in [-0.25, -0.2) is 0 Å². The summed E-state index contributed by atoms with van der Waals surface area (Å²) in [6.07, 6.45) is 18.0. The molecule has 0 aromatic heterocycles. The first kappa shape index (κ1) is 25.7. The van der Waals surface area contributed by atoms with E-state index in [2.05, 4.69) is 13.8 Å². The second-order valence-electron chi connectivity index (χ2n) is 7.62. The van der Waals surface area contributed by atoms with Crippen LogP contribution in [0, 0.1) is 5.41 Å². The van der Waals surface area contributed by atoms with Gasteiger partial charge in [0.15, 0.2) is 0 Å². The Balaban J connectivity index is 0. The number of carboxylic acid groups (broad SMARTS) is 1. The van der Waals surface area contributed by atoms with Crippen molar-refractivity contribution in [1.82, 2.24) is 0 Å². The molecule has 0 unspecified atom stereocenters. The first-order valence-electron chi connectivity index (χ1n) is 10.4. The molecule has 0 saturated heterocycles. The summed E-state index contributed by atoms with van der Waals surface area (Å²) < 4.78 is 0. The largest absolute Gasteiger partial charge is 0.481 e. The minimum absolute atomic E-state index is 0.533. The summed E-state index contributed by atoms with van der Waals surface area (Å²) in [5, 5.41) is 8.74. The van der Waals surface area contributed by atoms with Crippen molar-refractivity contribution in [3.05, 3.63) is 0 Å². The first-order chi connectivity index (χ1) is 11.4. The van der Waals surface area contributed by atoms with E-state index < -0.39 is 11.4 Å². The lowest BCUT2D eigenvalue weighted by Crippen LogP contribution is -2.23. The molecule has 146 valence electrons. The van der Waals surface area contributed by atoms with Crippen molar-refractivity contribution in [3.8, 4) is 0 Å². The highest BCUT2D eigenvalue weighted by Crippen LogP contribution is 2.23.